The first-order valence-electron chi connectivity index (χ1n) is 4.83. The van der Waals surface area contributed by atoms with E-state index < -0.39 is 6.09 Å². The van der Waals surface area contributed by atoms with Crippen LogP contribution in [0, 0.1) is 0 Å². The minimum Gasteiger partial charge on any atom is -0.453 e. The molecule has 1 aliphatic heterocycles. The van der Waals surface area contributed by atoms with Gasteiger partial charge >= 0.3 is 6.09 Å². The molecule has 2 atom stereocenters. The van der Waals surface area contributed by atoms with Crippen molar-refractivity contribution in [3.05, 3.63) is 35.9 Å². The van der Waals surface area contributed by atoms with Gasteiger partial charge in [0.05, 0.1) is 13.7 Å². The number of carbonyl (C=O) groups is 1. The molecule has 80 valence electrons. The van der Waals surface area contributed by atoms with Crippen LogP contribution in [-0.4, -0.2) is 25.9 Å². The summed E-state index contributed by atoms with van der Waals surface area (Å²) in [5, 5.41) is 2.61. The zero-order valence-electron chi connectivity index (χ0n) is 8.47. The zero-order chi connectivity index (χ0) is 10.7. The van der Waals surface area contributed by atoms with Crippen molar-refractivity contribution in [2.45, 2.75) is 12.2 Å². The third kappa shape index (κ3) is 2.47. The van der Waals surface area contributed by atoms with Gasteiger partial charge in [0, 0.05) is 0 Å². The number of alkyl carbamates (subject to hydrolysis) is 1. The van der Waals surface area contributed by atoms with Gasteiger partial charge in [-0.3, -0.25) is 0 Å². The third-order valence-electron chi connectivity index (χ3n) is 2.34. The fourth-order valence-electron chi connectivity index (χ4n) is 1.49. The van der Waals surface area contributed by atoms with Crippen molar-refractivity contribution in [3.63, 3.8) is 0 Å². The normalized spacial score (nSPS) is 23.3. The fraction of sp³-hybridized carbons (Fsp3) is 0.364. The number of methoxy groups -OCH3 is 1. The first-order chi connectivity index (χ1) is 7.31. The molecule has 1 amide bonds. The van der Waals surface area contributed by atoms with E-state index in [0.717, 1.165) is 5.56 Å². The highest BCUT2D eigenvalue weighted by atomic mass is 16.6. The van der Waals surface area contributed by atoms with E-state index in [9.17, 15) is 4.79 Å². The maximum atomic E-state index is 10.8. The Bertz CT molecular complexity index is 339. The number of benzene rings is 1. The predicted molar refractivity (Wildman–Crippen MR) is 54.5 cm³/mol. The SMILES string of the molecule is COC(=O)NC[C@@H]1O[C@H]1c1ccccc1. The van der Waals surface area contributed by atoms with E-state index in [4.69, 9.17) is 4.74 Å². The molecule has 2 rings (SSSR count). The monoisotopic (exact) mass is 207 g/mol. The summed E-state index contributed by atoms with van der Waals surface area (Å²) in [6, 6.07) is 9.95. The molecular formula is C11H13NO3. The molecular weight excluding hydrogens is 194 g/mol. The molecule has 0 unspecified atom stereocenters. The average molecular weight is 207 g/mol. The van der Waals surface area contributed by atoms with Crippen LogP contribution in [0.2, 0.25) is 0 Å². The van der Waals surface area contributed by atoms with Crippen LogP contribution in [0.3, 0.4) is 0 Å². The summed E-state index contributed by atoms with van der Waals surface area (Å²) in [5.41, 5.74) is 1.15. The average Bonchev–Trinajstić information content (AvgIpc) is 3.06. The van der Waals surface area contributed by atoms with Crippen LogP contribution in [0.1, 0.15) is 11.7 Å². The molecule has 4 nitrogen and oxygen atoms in total. The van der Waals surface area contributed by atoms with Crippen molar-refractivity contribution >= 4 is 6.09 Å². The lowest BCUT2D eigenvalue weighted by Gasteiger charge is -1.99. The highest BCUT2D eigenvalue weighted by Crippen LogP contribution is 2.37. The Kier molecular flexibility index (Phi) is 2.87. The summed E-state index contributed by atoms with van der Waals surface area (Å²) in [6.07, 6.45) is -0.229. The highest BCUT2D eigenvalue weighted by Gasteiger charge is 2.39. The minimum atomic E-state index is -0.419. The number of ether oxygens (including phenoxy) is 2. The number of epoxide rings is 1. The number of amides is 1. The first kappa shape index (κ1) is 9.98. The van der Waals surface area contributed by atoms with E-state index in [1.807, 2.05) is 30.3 Å². The molecule has 0 radical (unpaired) electrons. The van der Waals surface area contributed by atoms with Crippen LogP contribution < -0.4 is 5.32 Å². The Morgan fingerprint density at radius 1 is 1.47 bits per heavy atom. The lowest BCUT2D eigenvalue weighted by molar-refractivity contribution is 0.170. The first-order valence-corrected chi connectivity index (χ1v) is 4.83. The molecule has 4 heteroatoms. The Labute approximate surface area is 88.2 Å². The Balaban J connectivity index is 1.79. The molecule has 1 N–H and O–H groups in total. The summed E-state index contributed by atoms with van der Waals surface area (Å²) in [6.45, 7) is 0.492. The van der Waals surface area contributed by atoms with E-state index in [-0.39, 0.29) is 12.2 Å². The quantitative estimate of drug-likeness (QED) is 0.764. The van der Waals surface area contributed by atoms with Crippen molar-refractivity contribution in [1.82, 2.24) is 5.32 Å². The number of hydrogen-bond acceptors (Lipinski definition) is 3. The van der Waals surface area contributed by atoms with Crippen molar-refractivity contribution in [2.24, 2.45) is 0 Å². The molecule has 1 aliphatic rings. The van der Waals surface area contributed by atoms with E-state index in [1.54, 1.807) is 0 Å². The summed E-state index contributed by atoms with van der Waals surface area (Å²) in [5.74, 6) is 0. The van der Waals surface area contributed by atoms with Gasteiger partial charge in [-0.25, -0.2) is 4.79 Å². The predicted octanol–water partition coefficient (Wildman–Crippen LogP) is 1.48. The largest absolute Gasteiger partial charge is 0.453 e. The van der Waals surface area contributed by atoms with Gasteiger partial charge in [-0.05, 0) is 5.56 Å². The summed E-state index contributed by atoms with van der Waals surface area (Å²) in [7, 11) is 1.35. The van der Waals surface area contributed by atoms with Gasteiger partial charge in [0.1, 0.15) is 12.2 Å². The third-order valence-corrected chi connectivity index (χ3v) is 2.34. The molecule has 1 heterocycles. The van der Waals surface area contributed by atoms with Gasteiger partial charge in [-0.15, -0.1) is 0 Å². The van der Waals surface area contributed by atoms with E-state index >= 15 is 0 Å². The Hall–Kier alpha value is -1.55. The smallest absolute Gasteiger partial charge is 0.406 e. The minimum absolute atomic E-state index is 0.0755. The standard InChI is InChI=1S/C11H13NO3/c1-14-11(13)12-7-9-10(15-9)8-5-3-2-4-6-8/h2-6,9-10H,7H2,1H3,(H,12,13)/t9-,10-/m0/s1. The summed E-state index contributed by atoms with van der Waals surface area (Å²) < 4.78 is 9.89. The molecule has 0 aromatic heterocycles. The molecule has 1 aromatic rings. The summed E-state index contributed by atoms with van der Waals surface area (Å²) >= 11 is 0. The van der Waals surface area contributed by atoms with Gasteiger partial charge in [0.25, 0.3) is 0 Å². The van der Waals surface area contributed by atoms with Crippen molar-refractivity contribution in [1.29, 1.82) is 0 Å². The van der Waals surface area contributed by atoms with Crippen LogP contribution in [-0.2, 0) is 9.47 Å². The van der Waals surface area contributed by atoms with E-state index in [1.165, 1.54) is 7.11 Å². The summed E-state index contributed by atoms with van der Waals surface area (Å²) in [4.78, 5) is 10.8. The Morgan fingerprint density at radius 3 is 2.87 bits per heavy atom. The van der Waals surface area contributed by atoms with Crippen LogP contribution in [0.25, 0.3) is 0 Å². The molecule has 0 spiro atoms. The van der Waals surface area contributed by atoms with Crippen molar-refractivity contribution in [2.75, 3.05) is 13.7 Å². The van der Waals surface area contributed by atoms with Crippen LogP contribution in [0.5, 0.6) is 0 Å². The van der Waals surface area contributed by atoms with Gasteiger partial charge < -0.3 is 14.8 Å². The molecule has 0 aliphatic carbocycles. The second kappa shape index (κ2) is 4.31. The maximum absolute atomic E-state index is 10.8. The lowest BCUT2D eigenvalue weighted by Crippen LogP contribution is -2.27. The second-order valence-electron chi connectivity index (χ2n) is 3.38. The molecule has 1 aromatic carbocycles. The number of hydrogen-bond donors (Lipinski definition) is 1. The highest BCUT2D eigenvalue weighted by molar-refractivity contribution is 5.66. The molecule has 0 bridgehead atoms. The van der Waals surface area contributed by atoms with Gasteiger partial charge in [0.2, 0.25) is 0 Å². The number of rotatable bonds is 3. The molecule has 0 saturated carbocycles. The van der Waals surface area contributed by atoms with E-state index in [0.29, 0.717) is 6.54 Å². The van der Waals surface area contributed by atoms with Crippen LogP contribution >= 0.6 is 0 Å². The van der Waals surface area contributed by atoms with Crippen LogP contribution in [0.15, 0.2) is 30.3 Å². The number of nitrogens with one attached hydrogen (secondary N) is 1. The lowest BCUT2D eigenvalue weighted by atomic mass is 10.1. The molecule has 15 heavy (non-hydrogen) atoms. The molecule has 1 fully saturated rings. The van der Waals surface area contributed by atoms with E-state index in [2.05, 4.69) is 10.1 Å². The van der Waals surface area contributed by atoms with Gasteiger partial charge in [-0.1, -0.05) is 30.3 Å². The number of carbonyl (C=O) groups excluding carboxylic acids is 1. The maximum Gasteiger partial charge on any atom is 0.406 e. The zero-order valence-corrected chi connectivity index (χ0v) is 8.47. The fourth-order valence-corrected chi connectivity index (χ4v) is 1.49. The van der Waals surface area contributed by atoms with Crippen LogP contribution in [0.4, 0.5) is 4.79 Å². The second-order valence-corrected chi connectivity index (χ2v) is 3.38. The van der Waals surface area contributed by atoms with Gasteiger partial charge in [0.15, 0.2) is 0 Å². The Morgan fingerprint density at radius 2 is 2.20 bits per heavy atom. The topological polar surface area (TPSA) is 50.9 Å². The van der Waals surface area contributed by atoms with Gasteiger partial charge in [-0.2, -0.15) is 0 Å². The molecule has 1 saturated heterocycles. The van der Waals surface area contributed by atoms with Crippen molar-refractivity contribution < 1.29 is 14.3 Å². The van der Waals surface area contributed by atoms with Crippen molar-refractivity contribution in [3.8, 4) is 0 Å².